The van der Waals surface area contributed by atoms with E-state index in [1.54, 1.807) is 6.92 Å². The van der Waals surface area contributed by atoms with E-state index in [2.05, 4.69) is 6.58 Å². The standard InChI is InChI=1S/C11H11ClO5/c1-3(2)10(13)16-9-7-5(12)4-6(15-7)8(9)17-11(4)14/h4-9H,1H2,2H3. The Labute approximate surface area is 103 Å². The van der Waals surface area contributed by atoms with Gasteiger partial charge >= 0.3 is 11.9 Å². The summed E-state index contributed by atoms with van der Waals surface area (Å²) in [7, 11) is 0. The second-order valence-corrected chi connectivity index (χ2v) is 5.09. The molecule has 92 valence electrons. The lowest BCUT2D eigenvalue weighted by Crippen LogP contribution is -2.45. The molecule has 6 unspecified atom stereocenters. The largest absolute Gasteiger partial charge is 0.455 e. The van der Waals surface area contributed by atoms with Crippen molar-refractivity contribution in [3.05, 3.63) is 12.2 Å². The highest BCUT2D eigenvalue weighted by molar-refractivity contribution is 6.23. The summed E-state index contributed by atoms with van der Waals surface area (Å²) in [4.78, 5) is 23.0. The van der Waals surface area contributed by atoms with Crippen molar-refractivity contribution in [2.45, 2.75) is 36.7 Å². The molecule has 2 bridgehead atoms. The van der Waals surface area contributed by atoms with E-state index in [0.29, 0.717) is 5.57 Å². The number of hydrogen-bond donors (Lipinski definition) is 0. The van der Waals surface area contributed by atoms with Crippen molar-refractivity contribution in [3.63, 3.8) is 0 Å². The molecule has 0 aromatic rings. The lowest BCUT2D eigenvalue weighted by atomic mass is 9.87. The smallest absolute Gasteiger partial charge is 0.333 e. The molecule has 0 radical (unpaired) electrons. The fraction of sp³-hybridized carbons (Fsp3) is 0.636. The Kier molecular flexibility index (Phi) is 2.25. The SMILES string of the molecule is C=C(C)C(=O)OC1C2OC3C1OC(=O)C3C2Cl. The monoisotopic (exact) mass is 258 g/mol. The number of carbonyl (C=O) groups excluding carboxylic acids is 2. The second kappa shape index (κ2) is 3.46. The Morgan fingerprint density at radius 2 is 2.12 bits per heavy atom. The van der Waals surface area contributed by atoms with Crippen molar-refractivity contribution < 1.29 is 23.8 Å². The van der Waals surface area contributed by atoms with Gasteiger partial charge in [-0.05, 0) is 6.92 Å². The van der Waals surface area contributed by atoms with Gasteiger partial charge in [0.25, 0.3) is 0 Å². The van der Waals surface area contributed by atoms with Crippen LogP contribution >= 0.6 is 11.6 Å². The molecule has 3 rings (SSSR count). The first kappa shape index (κ1) is 11.0. The molecule has 0 aromatic heterocycles. The van der Waals surface area contributed by atoms with Gasteiger partial charge in [-0.1, -0.05) is 6.58 Å². The number of ether oxygens (including phenoxy) is 3. The number of fused-ring (bicyclic) bond motifs is 1. The third-order valence-electron chi connectivity index (χ3n) is 3.41. The number of alkyl halides is 1. The van der Waals surface area contributed by atoms with Gasteiger partial charge in [-0.3, -0.25) is 4.79 Å². The van der Waals surface area contributed by atoms with Crippen molar-refractivity contribution in [3.8, 4) is 0 Å². The van der Waals surface area contributed by atoms with Gasteiger partial charge in [-0.2, -0.15) is 0 Å². The molecule has 17 heavy (non-hydrogen) atoms. The predicted molar refractivity (Wildman–Crippen MR) is 56.4 cm³/mol. The van der Waals surface area contributed by atoms with Crippen molar-refractivity contribution in [2.75, 3.05) is 0 Å². The van der Waals surface area contributed by atoms with Crippen LogP contribution in [0.25, 0.3) is 0 Å². The van der Waals surface area contributed by atoms with Crippen LogP contribution in [0.2, 0.25) is 0 Å². The van der Waals surface area contributed by atoms with Gasteiger partial charge in [0.1, 0.15) is 18.1 Å². The number of carbonyl (C=O) groups is 2. The minimum absolute atomic E-state index is 0.291. The predicted octanol–water partition coefficient (Wildman–Crippen LogP) is 0.404. The summed E-state index contributed by atoms with van der Waals surface area (Å²) in [6.45, 7) is 5.05. The van der Waals surface area contributed by atoms with Crippen LogP contribution in [0, 0.1) is 5.92 Å². The van der Waals surface area contributed by atoms with Gasteiger partial charge in [-0.25, -0.2) is 4.79 Å². The third kappa shape index (κ3) is 1.35. The number of hydrogen-bond acceptors (Lipinski definition) is 5. The van der Waals surface area contributed by atoms with E-state index >= 15 is 0 Å². The van der Waals surface area contributed by atoms with Crippen molar-refractivity contribution in [1.29, 1.82) is 0 Å². The molecule has 0 amide bonds. The zero-order valence-electron chi connectivity index (χ0n) is 9.09. The first-order valence-corrected chi connectivity index (χ1v) is 5.81. The van der Waals surface area contributed by atoms with Crippen LogP contribution in [0.1, 0.15) is 6.92 Å². The van der Waals surface area contributed by atoms with Crippen LogP contribution in [0.3, 0.4) is 0 Å². The Bertz CT molecular complexity index is 420. The molecule has 3 heterocycles. The first-order valence-electron chi connectivity index (χ1n) is 5.37. The third-order valence-corrected chi connectivity index (χ3v) is 3.93. The van der Waals surface area contributed by atoms with Gasteiger partial charge in [0.05, 0.1) is 5.38 Å². The summed E-state index contributed by atoms with van der Waals surface area (Å²) in [6.07, 6.45) is -1.98. The molecule has 6 heteroatoms. The Morgan fingerprint density at radius 1 is 1.41 bits per heavy atom. The van der Waals surface area contributed by atoms with Crippen LogP contribution in [0.4, 0.5) is 0 Å². The summed E-state index contributed by atoms with van der Waals surface area (Å²) in [5.74, 6) is -1.31. The number of rotatable bonds is 2. The second-order valence-electron chi connectivity index (χ2n) is 4.59. The molecule has 3 saturated heterocycles. The lowest BCUT2D eigenvalue weighted by Gasteiger charge is -2.24. The maximum Gasteiger partial charge on any atom is 0.333 e. The van der Waals surface area contributed by atoms with Gasteiger partial charge in [-0.15, -0.1) is 11.6 Å². The van der Waals surface area contributed by atoms with Crippen LogP contribution < -0.4 is 0 Å². The summed E-state index contributed by atoms with van der Waals surface area (Å²) in [5, 5.41) is -0.492. The molecule has 0 spiro atoms. The van der Waals surface area contributed by atoms with Crippen LogP contribution in [-0.4, -0.2) is 41.7 Å². The molecule has 3 fully saturated rings. The lowest BCUT2D eigenvalue weighted by molar-refractivity contribution is -0.157. The summed E-state index contributed by atoms with van der Waals surface area (Å²) in [6, 6.07) is 0. The molecule has 5 nitrogen and oxygen atoms in total. The molecule has 3 aliphatic heterocycles. The van der Waals surface area contributed by atoms with E-state index in [1.807, 2.05) is 0 Å². The number of halogens is 1. The molecule has 6 atom stereocenters. The van der Waals surface area contributed by atoms with Crippen LogP contribution in [0.15, 0.2) is 12.2 Å². The fourth-order valence-electron chi connectivity index (χ4n) is 2.61. The minimum Gasteiger partial charge on any atom is -0.455 e. The van der Waals surface area contributed by atoms with Crippen molar-refractivity contribution in [1.82, 2.24) is 0 Å². The van der Waals surface area contributed by atoms with E-state index in [9.17, 15) is 9.59 Å². The van der Waals surface area contributed by atoms with E-state index < -0.39 is 35.6 Å². The van der Waals surface area contributed by atoms with Gasteiger partial charge < -0.3 is 14.2 Å². The average molecular weight is 259 g/mol. The summed E-state index contributed by atoms with van der Waals surface area (Å²) in [5.41, 5.74) is 0.291. The van der Waals surface area contributed by atoms with Crippen LogP contribution in [-0.2, 0) is 23.8 Å². The van der Waals surface area contributed by atoms with Gasteiger partial charge in [0.2, 0.25) is 0 Å². The Hall–Kier alpha value is -1.07. The van der Waals surface area contributed by atoms with E-state index in [4.69, 9.17) is 25.8 Å². The first-order chi connectivity index (χ1) is 8.00. The van der Waals surface area contributed by atoms with Crippen molar-refractivity contribution in [2.24, 2.45) is 5.92 Å². The maximum absolute atomic E-state index is 11.5. The fourth-order valence-corrected chi connectivity index (χ4v) is 3.06. The molecule has 0 saturated carbocycles. The molecule has 0 aromatic carbocycles. The van der Waals surface area contributed by atoms with E-state index in [0.717, 1.165) is 0 Å². The Morgan fingerprint density at radius 3 is 2.76 bits per heavy atom. The number of esters is 2. The highest BCUT2D eigenvalue weighted by Gasteiger charge is 2.69. The van der Waals surface area contributed by atoms with E-state index in [-0.39, 0.29) is 12.1 Å². The van der Waals surface area contributed by atoms with Gasteiger partial charge in [0.15, 0.2) is 12.2 Å². The van der Waals surface area contributed by atoms with Crippen LogP contribution in [0.5, 0.6) is 0 Å². The minimum atomic E-state index is -0.616. The quantitative estimate of drug-likeness (QED) is 0.408. The average Bonchev–Trinajstić information content (AvgIpc) is 2.82. The zero-order valence-corrected chi connectivity index (χ0v) is 9.85. The molecular weight excluding hydrogens is 248 g/mol. The normalized spacial score (nSPS) is 45.9. The maximum atomic E-state index is 11.5. The van der Waals surface area contributed by atoms with E-state index in [1.165, 1.54) is 0 Å². The molecule has 0 aliphatic carbocycles. The van der Waals surface area contributed by atoms with Crippen molar-refractivity contribution >= 4 is 23.5 Å². The highest BCUT2D eigenvalue weighted by atomic mass is 35.5. The zero-order chi connectivity index (χ0) is 12.3. The molecular formula is C11H11ClO5. The topological polar surface area (TPSA) is 61.8 Å². The molecule has 3 aliphatic rings. The Balaban J connectivity index is 1.83. The summed E-state index contributed by atoms with van der Waals surface area (Å²) < 4.78 is 15.9. The van der Waals surface area contributed by atoms with Gasteiger partial charge in [0, 0.05) is 5.57 Å². The highest BCUT2D eigenvalue weighted by Crippen LogP contribution is 2.49. The summed E-state index contributed by atoms with van der Waals surface area (Å²) >= 11 is 6.11. The molecule has 0 N–H and O–H groups in total.